The van der Waals surface area contributed by atoms with Crippen molar-refractivity contribution in [2.75, 3.05) is 36.4 Å². The first-order valence-corrected chi connectivity index (χ1v) is 9.69. The number of carbonyl (C=O) groups is 1. The Morgan fingerprint density at radius 3 is 3.00 bits per heavy atom. The molecule has 5 nitrogen and oxygen atoms in total. The van der Waals surface area contributed by atoms with Crippen molar-refractivity contribution in [1.29, 1.82) is 0 Å². The van der Waals surface area contributed by atoms with Gasteiger partial charge < -0.3 is 15.5 Å². The molecule has 1 amide bonds. The number of aryl methyl sites for hydroxylation is 2. The molecule has 0 bridgehead atoms. The topological polar surface area (TPSA) is 57.3 Å². The van der Waals surface area contributed by atoms with Crippen LogP contribution in [0.4, 0.5) is 10.8 Å². The minimum absolute atomic E-state index is 0.00633. The number of hydrogen-bond donors (Lipinski definition) is 2. The van der Waals surface area contributed by atoms with Crippen LogP contribution in [-0.2, 0) is 0 Å². The van der Waals surface area contributed by atoms with Crippen LogP contribution in [0.1, 0.15) is 34.3 Å². The number of nitrogens with one attached hydrogen (secondary N) is 2. The van der Waals surface area contributed by atoms with Gasteiger partial charge in [0.1, 0.15) is 4.88 Å². The average molecular weight is 359 g/mol. The third-order valence-electron chi connectivity index (χ3n) is 4.53. The Balaban J connectivity index is 1.53. The number of carbonyl (C=O) groups excluding carboxylic acids is 1. The molecule has 1 atom stereocenters. The molecule has 1 aromatic carbocycles. The lowest BCUT2D eigenvalue weighted by Gasteiger charge is -2.19. The van der Waals surface area contributed by atoms with E-state index in [0.29, 0.717) is 10.8 Å². The van der Waals surface area contributed by atoms with E-state index < -0.39 is 0 Å². The number of anilines is 2. The van der Waals surface area contributed by atoms with Crippen LogP contribution in [0.3, 0.4) is 0 Å². The first-order chi connectivity index (χ1) is 12.1. The van der Waals surface area contributed by atoms with Crippen LogP contribution in [0, 0.1) is 19.8 Å². The standard InChI is InChI=1S/C19H26N4OS/c1-4-20-19-22-14(3)17(25-19)18(24)21-11-15-8-9-23(12-15)16-7-5-6-13(2)10-16/h5-7,10,15H,4,8-9,11-12H2,1-3H3,(H,20,22)(H,21,24)/t15-/m0/s1. The van der Waals surface area contributed by atoms with Crippen molar-refractivity contribution in [3.05, 3.63) is 40.4 Å². The second-order valence-electron chi connectivity index (χ2n) is 6.61. The van der Waals surface area contributed by atoms with E-state index in [4.69, 9.17) is 0 Å². The van der Waals surface area contributed by atoms with Gasteiger partial charge in [-0.25, -0.2) is 4.98 Å². The van der Waals surface area contributed by atoms with Crippen LogP contribution < -0.4 is 15.5 Å². The highest BCUT2D eigenvalue weighted by atomic mass is 32.1. The van der Waals surface area contributed by atoms with Crippen molar-refractivity contribution in [3.63, 3.8) is 0 Å². The Hall–Kier alpha value is -2.08. The van der Waals surface area contributed by atoms with E-state index in [1.807, 2.05) is 13.8 Å². The molecule has 1 fully saturated rings. The molecular formula is C19H26N4OS. The summed E-state index contributed by atoms with van der Waals surface area (Å²) in [6.07, 6.45) is 1.11. The van der Waals surface area contributed by atoms with Crippen LogP contribution in [0.2, 0.25) is 0 Å². The minimum atomic E-state index is -0.00633. The van der Waals surface area contributed by atoms with E-state index in [-0.39, 0.29) is 5.91 Å². The maximum atomic E-state index is 12.5. The summed E-state index contributed by atoms with van der Waals surface area (Å²) in [6.45, 7) is 9.61. The fraction of sp³-hybridized carbons (Fsp3) is 0.474. The van der Waals surface area contributed by atoms with Gasteiger partial charge in [0.2, 0.25) is 0 Å². The number of aromatic nitrogens is 1. The largest absolute Gasteiger partial charge is 0.371 e. The number of rotatable bonds is 6. The quantitative estimate of drug-likeness (QED) is 0.830. The first-order valence-electron chi connectivity index (χ1n) is 8.88. The molecule has 25 heavy (non-hydrogen) atoms. The predicted molar refractivity (Wildman–Crippen MR) is 105 cm³/mol. The molecule has 2 heterocycles. The molecule has 0 spiro atoms. The Bertz CT molecular complexity index is 743. The summed E-state index contributed by atoms with van der Waals surface area (Å²) in [4.78, 5) is 20.0. The second kappa shape index (κ2) is 7.87. The molecule has 134 valence electrons. The van der Waals surface area contributed by atoms with E-state index in [1.165, 1.54) is 22.6 Å². The van der Waals surface area contributed by atoms with Gasteiger partial charge in [-0.1, -0.05) is 23.5 Å². The summed E-state index contributed by atoms with van der Waals surface area (Å²) in [5.74, 6) is 0.485. The molecule has 6 heteroatoms. The summed E-state index contributed by atoms with van der Waals surface area (Å²) < 4.78 is 0. The number of nitrogens with zero attached hydrogens (tertiary/aromatic N) is 2. The molecule has 0 unspecified atom stereocenters. The van der Waals surface area contributed by atoms with E-state index in [1.54, 1.807) is 0 Å². The van der Waals surface area contributed by atoms with Gasteiger partial charge in [0.25, 0.3) is 5.91 Å². The van der Waals surface area contributed by atoms with Gasteiger partial charge in [-0.3, -0.25) is 4.79 Å². The van der Waals surface area contributed by atoms with E-state index >= 15 is 0 Å². The Morgan fingerprint density at radius 1 is 1.40 bits per heavy atom. The Kier molecular flexibility index (Phi) is 5.58. The molecular weight excluding hydrogens is 332 g/mol. The molecule has 2 aromatic rings. The number of benzene rings is 1. The molecule has 1 aliphatic rings. The van der Waals surface area contributed by atoms with E-state index in [0.717, 1.165) is 43.4 Å². The van der Waals surface area contributed by atoms with Gasteiger partial charge in [0.15, 0.2) is 5.13 Å². The third kappa shape index (κ3) is 4.31. The van der Waals surface area contributed by atoms with Crippen LogP contribution in [0.5, 0.6) is 0 Å². The van der Waals surface area contributed by atoms with Crippen molar-refractivity contribution in [1.82, 2.24) is 10.3 Å². The maximum Gasteiger partial charge on any atom is 0.263 e. The highest BCUT2D eigenvalue weighted by molar-refractivity contribution is 7.17. The predicted octanol–water partition coefficient (Wildman–Crippen LogP) is 3.45. The van der Waals surface area contributed by atoms with Gasteiger partial charge in [-0.2, -0.15) is 0 Å². The SMILES string of the molecule is CCNc1nc(C)c(C(=O)NC[C@@H]2CCN(c3cccc(C)c3)C2)s1. The Morgan fingerprint density at radius 2 is 2.24 bits per heavy atom. The fourth-order valence-corrected chi connectivity index (χ4v) is 4.16. The summed E-state index contributed by atoms with van der Waals surface area (Å²) in [6, 6.07) is 8.62. The summed E-state index contributed by atoms with van der Waals surface area (Å²) in [5, 5.41) is 7.08. The zero-order valence-corrected chi connectivity index (χ0v) is 15.9. The average Bonchev–Trinajstić information content (AvgIpc) is 3.20. The number of hydrogen-bond acceptors (Lipinski definition) is 5. The van der Waals surface area contributed by atoms with E-state index in [9.17, 15) is 4.79 Å². The molecule has 0 radical (unpaired) electrons. The zero-order valence-electron chi connectivity index (χ0n) is 15.1. The summed E-state index contributed by atoms with van der Waals surface area (Å²) >= 11 is 1.43. The maximum absolute atomic E-state index is 12.5. The van der Waals surface area contributed by atoms with Crippen LogP contribution in [0.25, 0.3) is 0 Å². The van der Waals surface area contributed by atoms with Crippen molar-refractivity contribution >= 4 is 28.1 Å². The van der Waals surface area contributed by atoms with E-state index in [2.05, 4.69) is 51.7 Å². The molecule has 1 saturated heterocycles. The lowest BCUT2D eigenvalue weighted by atomic mass is 10.1. The zero-order chi connectivity index (χ0) is 17.8. The molecule has 1 aliphatic heterocycles. The fourth-order valence-electron chi connectivity index (χ4n) is 3.21. The van der Waals surface area contributed by atoms with Crippen LogP contribution in [-0.4, -0.2) is 37.1 Å². The number of amides is 1. The van der Waals surface area contributed by atoms with Gasteiger partial charge in [0, 0.05) is 31.9 Å². The minimum Gasteiger partial charge on any atom is -0.371 e. The normalized spacial score (nSPS) is 16.9. The first kappa shape index (κ1) is 17.7. The smallest absolute Gasteiger partial charge is 0.263 e. The second-order valence-corrected chi connectivity index (χ2v) is 7.61. The Labute approximate surface area is 153 Å². The summed E-state index contributed by atoms with van der Waals surface area (Å²) in [7, 11) is 0. The van der Waals surface area contributed by atoms with Crippen molar-refractivity contribution in [3.8, 4) is 0 Å². The van der Waals surface area contributed by atoms with Crippen LogP contribution >= 0.6 is 11.3 Å². The van der Waals surface area contributed by atoms with Gasteiger partial charge in [-0.15, -0.1) is 0 Å². The molecule has 1 aromatic heterocycles. The highest BCUT2D eigenvalue weighted by Gasteiger charge is 2.24. The third-order valence-corrected chi connectivity index (χ3v) is 5.65. The lowest BCUT2D eigenvalue weighted by Crippen LogP contribution is -2.30. The molecule has 0 aliphatic carbocycles. The van der Waals surface area contributed by atoms with Crippen molar-refractivity contribution in [2.24, 2.45) is 5.92 Å². The van der Waals surface area contributed by atoms with Crippen LogP contribution in [0.15, 0.2) is 24.3 Å². The molecule has 3 rings (SSSR count). The summed E-state index contributed by atoms with van der Waals surface area (Å²) in [5.41, 5.74) is 3.36. The van der Waals surface area contributed by atoms with Gasteiger partial charge >= 0.3 is 0 Å². The van der Waals surface area contributed by atoms with Crippen molar-refractivity contribution < 1.29 is 4.79 Å². The monoisotopic (exact) mass is 358 g/mol. The number of thiazole rings is 1. The molecule has 0 saturated carbocycles. The van der Waals surface area contributed by atoms with Gasteiger partial charge in [0.05, 0.1) is 5.69 Å². The van der Waals surface area contributed by atoms with Crippen molar-refractivity contribution in [2.45, 2.75) is 27.2 Å². The molecule has 2 N–H and O–H groups in total. The lowest BCUT2D eigenvalue weighted by molar-refractivity contribution is 0.0951. The highest BCUT2D eigenvalue weighted by Crippen LogP contribution is 2.25. The van der Waals surface area contributed by atoms with Gasteiger partial charge in [-0.05, 0) is 50.8 Å².